The van der Waals surface area contributed by atoms with E-state index in [1.807, 2.05) is 48.3 Å². The van der Waals surface area contributed by atoms with Crippen molar-refractivity contribution in [2.24, 2.45) is 5.41 Å². The summed E-state index contributed by atoms with van der Waals surface area (Å²) in [4.78, 5) is 17.0. The first-order chi connectivity index (χ1) is 12.9. The van der Waals surface area contributed by atoms with E-state index >= 15 is 0 Å². The van der Waals surface area contributed by atoms with Crippen LogP contribution in [0.4, 0.5) is 0 Å². The van der Waals surface area contributed by atoms with E-state index in [9.17, 15) is 4.79 Å². The molecule has 0 radical (unpaired) electrons. The summed E-state index contributed by atoms with van der Waals surface area (Å²) in [6, 6.07) is 16.0. The average Bonchev–Trinajstić information content (AvgIpc) is 3.00. The molecule has 27 heavy (non-hydrogen) atoms. The maximum atomic E-state index is 12.8. The summed E-state index contributed by atoms with van der Waals surface area (Å²) in [6.07, 6.45) is 1.81. The minimum absolute atomic E-state index is 0.0793. The highest BCUT2D eigenvalue weighted by Gasteiger charge is 2.34. The molecule has 0 bridgehead atoms. The topological polar surface area (TPSA) is 43.8 Å². The molecule has 1 aliphatic rings. The maximum absolute atomic E-state index is 12.8. The Morgan fingerprint density at radius 2 is 1.70 bits per heavy atom. The van der Waals surface area contributed by atoms with Gasteiger partial charge in [0.05, 0.1) is 0 Å². The highest BCUT2D eigenvalue weighted by Crippen LogP contribution is 2.30. The molecule has 1 atom stereocenters. The van der Waals surface area contributed by atoms with Gasteiger partial charge in [-0.25, -0.2) is 0 Å². The molecule has 2 aromatic carbocycles. The Kier molecular flexibility index (Phi) is 5.98. The van der Waals surface area contributed by atoms with Gasteiger partial charge in [-0.15, -0.1) is 0 Å². The third-order valence-electron chi connectivity index (χ3n) is 5.53. The summed E-state index contributed by atoms with van der Waals surface area (Å²) in [5.74, 6) is 0.0793. The van der Waals surface area contributed by atoms with Crippen molar-refractivity contribution >= 4 is 5.91 Å². The molecule has 1 heterocycles. The quantitative estimate of drug-likeness (QED) is 0.853. The number of nitrogens with zero attached hydrogens (tertiary/aromatic N) is 2. The molecule has 0 aromatic heterocycles. The Bertz CT molecular complexity index is 770. The normalized spacial score (nSPS) is 20.0. The van der Waals surface area contributed by atoms with Gasteiger partial charge in [0.2, 0.25) is 0 Å². The molecule has 0 saturated carbocycles. The summed E-state index contributed by atoms with van der Waals surface area (Å²) in [5.41, 5.74) is 4.24. The number of rotatable bonds is 6. The highest BCUT2D eigenvalue weighted by molar-refractivity contribution is 5.94. The molecule has 3 rings (SSSR count). The SMILES string of the molecule is CN1CCC(C)(CN(C)C(=O)c2ccc(-c3ccc(CCO)cc3)cc2)C1. The number of hydrogen-bond donors (Lipinski definition) is 1. The molecule has 144 valence electrons. The fourth-order valence-electron chi connectivity index (χ4n) is 4.06. The third kappa shape index (κ3) is 4.76. The van der Waals surface area contributed by atoms with E-state index in [0.29, 0.717) is 6.42 Å². The minimum Gasteiger partial charge on any atom is -0.396 e. The number of carbonyl (C=O) groups excluding carboxylic acids is 1. The Morgan fingerprint density at radius 1 is 1.11 bits per heavy atom. The van der Waals surface area contributed by atoms with Crippen molar-refractivity contribution in [3.63, 3.8) is 0 Å². The lowest BCUT2D eigenvalue weighted by Crippen LogP contribution is -2.38. The lowest BCUT2D eigenvalue weighted by Gasteiger charge is -2.30. The van der Waals surface area contributed by atoms with Gasteiger partial charge in [0.25, 0.3) is 5.91 Å². The van der Waals surface area contributed by atoms with Crippen LogP contribution in [0.3, 0.4) is 0 Å². The molecule has 1 fully saturated rings. The fraction of sp³-hybridized carbons (Fsp3) is 0.435. The maximum Gasteiger partial charge on any atom is 0.253 e. The van der Waals surface area contributed by atoms with Gasteiger partial charge in [0.15, 0.2) is 0 Å². The van der Waals surface area contributed by atoms with Crippen LogP contribution in [0, 0.1) is 5.41 Å². The number of aliphatic hydroxyl groups is 1. The van der Waals surface area contributed by atoms with Crippen molar-refractivity contribution in [1.82, 2.24) is 9.80 Å². The van der Waals surface area contributed by atoms with Gasteiger partial charge in [-0.2, -0.15) is 0 Å². The molecule has 1 saturated heterocycles. The zero-order valence-corrected chi connectivity index (χ0v) is 16.6. The number of hydrogen-bond acceptors (Lipinski definition) is 3. The van der Waals surface area contributed by atoms with Crippen molar-refractivity contribution < 1.29 is 9.90 Å². The Hall–Kier alpha value is -2.17. The van der Waals surface area contributed by atoms with Crippen LogP contribution in [0.1, 0.15) is 29.3 Å². The third-order valence-corrected chi connectivity index (χ3v) is 5.53. The second-order valence-electron chi connectivity index (χ2n) is 8.21. The summed E-state index contributed by atoms with van der Waals surface area (Å²) in [7, 11) is 4.04. The van der Waals surface area contributed by atoms with Crippen LogP contribution < -0.4 is 0 Å². The van der Waals surface area contributed by atoms with E-state index in [1.54, 1.807) is 0 Å². The predicted octanol–water partition coefficient (Wildman–Crippen LogP) is 3.30. The van der Waals surface area contributed by atoms with Crippen molar-refractivity contribution in [2.75, 3.05) is 40.3 Å². The molecule has 0 aliphatic carbocycles. The zero-order chi connectivity index (χ0) is 19.4. The van der Waals surface area contributed by atoms with Crippen LogP contribution >= 0.6 is 0 Å². The van der Waals surface area contributed by atoms with Crippen LogP contribution in [0.5, 0.6) is 0 Å². The van der Waals surface area contributed by atoms with Crippen LogP contribution in [0.25, 0.3) is 11.1 Å². The summed E-state index contributed by atoms with van der Waals surface area (Å²) >= 11 is 0. The van der Waals surface area contributed by atoms with Gasteiger partial charge in [0, 0.05) is 32.3 Å². The number of likely N-dealkylation sites (tertiary alicyclic amines) is 1. The molecule has 0 spiro atoms. The van der Waals surface area contributed by atoms with Gasteiger partial charge >= 0.3 is 0 Å². The molecular weight excluding hydrogens is 336 g/mol. The van der Waals surface area contributed by atoms with Gasteiger partial charge in [-0.05, 0) is 60.7 Å². The van der Waals surface area contributed by atoms with E-state index in [2.05, 4.69) is 31.0 Å². The van der Waals surface area contributed by atoms with E-state index in [4.69, 9.17) is 5.11 Å². The monoisotopic (exact) mass is 366 g/mol. The largest absolute Gasteiger partial charge is 0.396 e. The van der Waals surface area contributed by atoms with Crippen LogP contribution in [0.15, 0.2) is 48.5 Å². The van der Waals surface area contributed by atoms with Crippen molar-refractivity contribution in [1.29, 1.82) is 0 Å². The standard InChI is InChI=1S/C23H30N2O2/c1-23(13-14-24(2)16-23)17-25(3)22(27)21-10-8-20(9-11-21)19-6-4-18(5-7-19)12-15-26/h4-11,26H,12-17H2,1-3H3. The molecule has 1 unspecified atom stereocenters. The van der Waals surface area contributed by atoms with Crippen molar-refractivity contribution in [2.45, 2.75) is 19.8 Å². The van der Waals surface area contributed by atoms with Gasteiger partial charge in [-0.3, -0.25) is 4.79 Å². The summed E-state index contributed by atoms with van der Waals surface area (Å²) in [6.45, 7) is 5.35. The second-order valence-corrected chi connectivity index (χ2v) is 8.21. The van der Waals surface area contributed by atoms with Crippen molar-refractivity contribution in [3.05, 3.63) is 59.7 Å². The van der Waals surface area contributed by atoms with E-state index in [-0.39, 0.29) is 17.9 Å². The van der Waals surface area contributed by atoms with Gasteiger partial charge in [-0.1, -0.05) is 43.3 Å². The first-order valence-electron chi connectivity index (χ1n) is 9.64. The van der Waals surface area contributed by atoms with Crippen molar-refractivity contribution in [3.8, 4) is 11.1 Å². The lowest BCUT2D eigenvalue weighted by molar-refractivity contribution is 0.0730. The van der Waals surface area contributed by atoms with Crippen LogP contribution in [-0.2, 0) is 6.42 Å². The molecule has 2 aromatic rings. The first kappa shape index (κ1) is 19.6. The minimum atomic E-state index is 0.0793. The number of aliphatic hydroxyl groups excluding tert-OH is 1. The first-order valence-corrected chi connectivity index (χ1v) is 9.64. The number of benzene rings is 2. The molecule has 1 aliphatic heterocycles. The van der Waals surface area contributed by atoms with Crippen LogP contribution in [-0.4, -0.2) is 61.2 Å². The molecule has 4 heteroatoms. The molecular formula is C23H30N2O2. The Morgan fingerprint density at radius 3 is 2.22 bits per heavy atom. The van der Waals surface area contributed by atoms with E-state index in [0.717, 1.165) is 48.3 Å². The Balaban J connectivity index is 1.66. The average molecular weight is 367 g/mol. The fourth-order valence-corrected chi connectivity index (χ4v) is 4.06. The van der Waals surface area contributed by atoms with E-state index in [1.165, 1.54) is 0 Å². The molecule has 1 amide bonds. The lowest BCUT2D eigenvalue weighted by atomic mass is 9.89. The zero-order valence-electron chi connectivity index (χ0n) is 16.6. The van der Waals surface area contributed by atoms with Crippen LogP contribution in [0.2, 0.25) is 0 Å². The Labute approximate surface area is 162 Å². The highest BCUT2D eigenvalue weighted by atomic mass is 16.3. The predicted molar refractivity (Wildman–Crippen MR) is 110 cm³/mol. The molecule has 4 nitrogen and oxygen atoms in total. The van der Waals surface area contributed by atoms with Gasteiger partial charge < -0.3 is 14.9 Å². The summed E-state index contributed by atoms with van der Waals surface area (Å²) < 4.78 is 0. The van der Waals surface area contributed by atoms with E-state index < -0.39 is 0 Å². The number of carbonyl (C=O) groups is 1. The summed E-state index contributed by atoms with van der Waals surface area (Å²) in [5, 5.41) is 9.01. The second kappa shape index (κ2) is 8.24. The van der Waals surface area contributed by atoms with Gasteiger partial charge in [0.1, 0.15) is 0 Å². The number of amides is 1. The smallest absolute Gasteiger partial charge is 0.253 e. The molecule has 1 N–H and O–H groups in total.